The van der Waals surface area contributed by atoms with Crippen molar-refractivity contribution in [2.75, 3.05) is 6.61 Å². The summed E-state index contributed by atoms with van der Waals surface area (Å²) in [6, 6.07) is 9.29. The molecule has 118 valence electrons. The van der Waals surface area contributed by atoms with Gasteiger partial charge < -0.3 is 9.47 Å². The van der Waals surface area contributed by atoms with Crippen molar-refractivity contribution in [1.82, 2.24) is 9.55 Å². The lowest BCUT2D eigenvalue weighted by Gasteiger charge is -2.31. The highest BCUT2D eigenvalue weighted by Gasteiger charge is 2.28. The number of thiophene rings is 1. The van der Waals surface area contributed by atoms with Gasteiger partial charge in [-0.05, 0) is 32.0 Å². The number of nitrogens with zero attached hydrogens (tertiary/aromatic N) is 2. The summed E-state index contributed by atoms with van der Waals surface area (Å²) in [4.78, 5) is 19.0. The zero-order valence-electron chi connectivity index (χ0n) is 12.9. The topological polar surface area (TPSA) is 53.4 Å². The van der Waals surface area contributed by atoms with Crippen LogP contribution in [0.3, 0.4) is 0 Å². The predicted octanol–water partition coefficient (Wildman–Crippen LogP) is 3.17. The average Bonchev–Trinajstić information content (AvgIpc) is 2.95. The second-order valence-electron chi connectivity index (χ2n) is 5.69. The van der Waals surface area contributed by atoms with Crippen LogP contribution in [0.2, 0.25) is 0 Å². The van der Waals surface area contributed by atoms with Crippen molar-refractivity contribution in [3.8, 4) is 11.5 Å². The molecule has 0 fully saturated rings. The van der Waals surface area contributed by atoms with Gasteiger partial charge in [0.15, 0.2) is 17.6 Å². The molecule has 0 aliphatic carbocycles. The highest BCUT2D eigenvalue weighted by Crippen LogP contribution is 2.33. The fourth-order valence-electron chi connectivity index (χ4n) is 2.80. The molecular weight excluding hydrogens is 312 g/mol. The van der Waals surface area contributed by atoms with Crippen LogP contribution in [0.5, 0.6) is 11.5 Å². The van der Waals surface area contributed by atoms with Gasteiger partial charge in [0.25, 0.3) is 5.56 Å². The Bertz CT molecular complexity index is 931. The van der Waals surface area contributed by atoms with E-state index in [1.807, 2.05) is 44.2 Å². The van der Waals surface area contributed by atoms with Gasteiger partial charge in [-0.2, -0.15) is 0 Å². The van der Waals surface area contributed by atoms with E-state index in [2.05, 4.69) is 4.98 Å². The van der Waals surface area contributed by atoms with E-state index < -0.39 is 0 Å². The molecule has 23 heavy (non-hydrogen) atoms. The first kappa shape index (κ1) is 14.3. The fourth-order valence-corrected chi connectivity index (χ4v) is 3.64. The number of hydrogen-bond donors (Lipinski definition) is 0. The Morgan fingerprint density at radius 1 is 1.35 bits per heavy atom. The Labute approximate surface area is 137 Å². The zero-order chi connectivity index (χ0) is 16.0. The maximum absolute atomic E-state index is 12.7. The standard InChI is InChI=1S/C17H16N2O3S/c1-10-7-12-16(23-10)18-9-19(17(12)20)11(2)15-8-21-13-5-3-4-6-14(13)22-15/h3-7,9,11,15H,8H2,1-2H3. The second kappa shape index (κ2) is 5.38. The van der Waals surface area contributed by atoms with Gasteiger partial charge in [0.05, 0.1) is 17.8 Å². The van der Waals surface area contributed by atoms with Gasteiger partial charge >= 0.3 is 0 Å². The minimum atomic E-state index is -0.235. The second-order valence-corrected chi connectivity index (χ2v) is 6.92. The number of ether oxygens (including phenoxy) is 2. The van der Waals surface area contributed by atoms with Crippen LogP contribution in [0.25, 0.3) is 10.2 Å². The molecule has 0 saturated carbocycles. The highest BCUT2D eigenvalue weighted by atomic mass is 32.1. The molecular formula is C17H16N2O3S. The van der Waals surface area contributed by atoms with Gasteiger partial charge in [-0.3, -0.25) is 9.36 Å². The van der Waals surface area contributed by atoms with E-state index in [9.17, 15) is 4.79 Å². The molecule has 5 nitrogen and oxygen atoms in total. The van der Waals surface area contributed by atoms with E-state index in [0.717, 1.165) is 15.5 Å². The van der Waals surface area contributed by atoms with Gasteiger partial charge in [0.2, 0.25) is 0 Å². The first-order valence-electron chi connectivity index (χ1n) is 7.49. The predicted molar refractivity (Wildman–Crippen MR) is 89.7 cm³/mol. The molecule has 2 atom stereocenters. The number of aromatic nitrogens is 2. The zero-order valence-corrected chi connectivity index (χ0v) is 13.7. The van der Waals surface area contributed by atoms with Crippen LogP contribution in [-0.4, -0.2) is 22.3 Å². The van der Waals surface area contributed by atoms with Gasteiger partial charge in [0, 0.05) is 4.88 Å². The van der Waals surface area contributed by atoms with E-state index >= 15 is 0 Å². The number of benzene rings is 1. The van der Waals surface area contributed by atoms with E-state index in [1.54, 1.807) is 10.9 Å². The first-order valence-corrected chi connectivity index (χ1v) is 8.31. The smallest absolute Gasteiger partial charge is 0.262 e. The lowest BCUT2D eigenvalue weighted by molar-refractivity contribution is 0.0559. The third-order valence-electron chi connectivity index (χ3n) is 4.11. The van der Waals surface area contributed by atoms with Crippen LogP contribution in [0.4, 0.5) is 0 Å². The van der Waals surface area contributed by atoms with Crippen LogP contribution >= 0.6 is 11.3 Å². The number of aryl methyl sites for hydroxylation is 1. The van der Waals surface area contributed by atoms with Crippen LogP contribution in [0.15, 0.2) is 41.5 Å². The Balaban J connectivity index is 1.69. The molecule has 2 aromatic heterocycles. The van der Waals surface area contributed by atoms with Crippen molar-refractivity contribution in [2.24, 2.45) is 0 Å². The first-order chi connectivity index (χ1) is 11.1. The largest absolute Gasteiger partial charge is 0.486 e. The summed E-state index contributed by atoms with van der Waals surface area (Å²) in [7, 11) is 0. The minimum absolute atomic E-state index is 0.0330. The molecule has 1 aliphatic heterocycles. The van der Waals surface area contributed by atoms with E-state index in [0.29, 0.717) is 17.7 Å². The minimum Gasteiger partial charge on any atom is -0.486 e. The molecule has 3 aromatic rings. The summed E-state index contributed by atoms with van der Waals surface area (Å²) in [6.45, 7) is 4.34. The number of rotatable bonds is 2. The molecule has 1 aromatic carbocycles. The fraction of sp³-hybridized carbons (Fsp3) is 0.294. The van der Waals surface area contributed by atoms with E-state index in [1.165, 1.54) is 11.3 Å². The Hall–Kier alpha value is -2.34. The van der Waals surface area contributed by atoms with E-state index in [-0.39, 0.29) is 17.7 Å². The van der Waals surface area contributed by atoms with Crippen LogP contribution < -0.4 is 15.0 Å². The van der Waals surface area contributed by atoms with Gasteiger partial charge in [-0.1, -0.05) is 12.1 Å². The summed E-state index contributed by atoms with van der Waals surface area (Å²) in [5, 5.41) is 0.666. The number of para-hydroxylation sites is 2. The van der Waals surface area contributed by atoms with Crippen molar-refractivity contribution >= 4 is 21.6 Å². The summed E-state index contributed by atoms with van der Waals surface area (Å²) >= 11 is 1.53. The average molecular weight is 328 g/mol. The molecule has 0 bridgehead atoms. The van der Waals surface area contributed by atoms with Crippen molar-refractivity contribution < 1.29 is 9.47 Å². The summed E-state index contributed by atoms with van der Waals surface area (Å²) in [6.07, 6.45) is 1.37. The van der Waals surface area contributed by atoms with Gasteiger partial charge in [-0.25, -0.2) is 4.98 Å². The van der Waals surface area contributed by atoms with Crippen LogP contribution in [-0.2, 0) is 0 Å². The Morgan fingerprint density at radius 2 is 2.13 bits per heavy atom. The normalized spacial score (nSPS) is 18.1. The maximum Gasteiger partial charge on any atom is 0.262 e. The lowest BCUT2D eigenvalue weighted by Crippen LogP contribution is -2.39. The van der Waals surface area contributed by atoms with Gasteiger partial charge in [-0.15, -0.1) is 11.3 Å². The van der Waals surface area contributed by atoms with Crippen molar-refractivity contribution in [1.29, 1.82) is 0 Å². The molecule has 1 aliphatic rings. The van der Waals surface area contributed by atoms with Crippen molar-refractivity contribution in [3.63, 3.8) is 0 Å². The van der Waals surface area contributed by atoms with Gasteiger partial charge in [0.1, 0.15) is 11.4 Å². The van der Waals surface area contributed by atoms with Crippen LogP contribution in [0.1, 0.15) is 17.8 Å². The summed E-state index contributed by atoms with van der Waals surface area (Å²) in [5.74, 6) is 1.45. The summed E-state index contributed by atoms with van der Waals surface area (Å²) < 4.78 is 13.4. The molecule has 0 N–H and O–H groups in total. The molecule has 0 radical (unpaired) electrons. The van der Waals surface area contributed by atoms with E-state index in [4.69, 9.17) is 9.47 Å². The number of fused-ring (bicyclic) bond motifs is 2. The SMILES string of the molecule is Cc1cc2c(=O)n(C(C)C3COc4ccccc4O3)cnc2s1. The lowest BCUT2D eigenvalue weighted by atomic mass is 10.1. The molecule has 6 heteroatoms. The third kappa shape index (κ3) is 2.39. The maximum atomic E-state index is 12.7. The monoisotopic (exact) mass is 328 g/mol. The van der Waals surface area contributed by atoms with Crippen molar-refractivity contribution in [2.45, 2.75) is 26.0 Å². The quantitative estimate of drug-likeness (QED) is 0.725. The molecule has 0 amide bonds. The van der Waals surface area contributed by atoms with Crippen LogP contribution in [0, 0.1) is 6.92 Å². The molecule has 0 saturated heterocycles. The Morgan fingerprint density at radius 3 is 2.96 bits per heavy atom. The number of hydrogen-bond acceptors (Lipinski definition) is 5. The highest BCUT2D eigenvalue weighted by molar-refractivity contribution is 7.18. The molecule has 3 heterocycles. The Kier molecular flexibility index (Phi) is 3.34. The molecule has 0 spiro atoms. The molecule has 2 unspecified atom stereocenters. The van der Waals surface area contributed by atoms with Crippen molar-refractivity contribution in [3.05, 3.63) is 51.9 Å². The third-order valence-corrected chi connectivity index (χ3v) is 5.07. The summed E-state index contributed by atoms with van der Waals surface area (Å²) in [5.41, 5.74) is -0.0330. The molecule has 4 rings (SSSR count).